The molecule has 0 atom stereocenters. The summed E-state index contributed by atoms with van der Waals surface area (Å²) >= 11 is 0. The molecule has 0 radical (unpaired) electrons. The van der Waals surface area contributed by atoms with E-state index >= 15 is 0 Å². The lowest BCUT2D eigenvalue weighted by Crippen LogP contribution is -2.27. The topological polar surface area (TPSA) is 104 Å². The van der Waals surface area contributed by atoms with Crippen LogP contribution in [0.1, 0.15) is 16.8 Å². The molecule has 0 aliphatic heterocycles. The molecule has 4 aromatic rings. The van der Waals surface area contributed by atoms with Crippen molar-refractivity contribution in [2.24, 2.45) is 0 Å². The van der Waals surface area contributed by atoms with Gasteiger partial charge in [-0.1, -0.05) is 42.5 Å². The Hall–Kier alpha value is -4.26. The van der Waals surface area contributed by atoms with E-state index in [4.69, 9.17) is 0 Å². The van der Waals surface area contributed by atoms with Gasteiger partial charge < -0.3 is 15.7 Å². The molecule has 0 spiro atoms. The Morgan fingerprint density at radius 3 is 2.42 bits per heavy atom. The Morgan fingerprint density at radius 1 is 0.871 bits per heavy atom. The number of fused-ring (bicyclic) bond motifs is 1. The molecular weight excluding hydrogens is 392 g/mol. The van der Waals surface area contributed by atoms with Gasteiger partial charge >= 0.3 is 0 Å². The Labute approximate surface area is 178 Å². The van der Waals surface area contributed by atoms with Crippen LogP contribution in [0, 0.1) is 0 Å². The number of carbonyl (C=O) groups excluding carboxylic acids is 2. The van der Waals surface area contributed by atoms with Gasteiger partial charge in [0.2, 0.25) is 5.91 Å². The van der Waals surface area contributed by atoms with Crippen LogP contribution in [-0.2, 0) is 4.79 Å². The van der Waals surface area contributed by atoms with Gasteiger partial charge in [0.15, 0.2) is 5.82 Å². The molecule has 0 saturated carbocycles. The molecule has 0 saturated heterocycles. The SMILES string of the molecule is O=C(CCNC(=O)c1ccc2ccccc2c1)Nc1cnc(-c2cccc(O)c2)nc1. The fourth-order valence-corrected chi connectivity index (χ4v) is 3.13. The number of nitrogens with one attached hydrogen (secondary N) is 2. The highest BCUT2D eigenvalue weighted by Gasteiger charge is 2.09. The summed E-state index contributed by atoms with van der Waals surface area (Å²) in [7, 11) is 0. The summed E-state index contributed by atoms with van der Waals surface area (Å²) in [6.07, 6.45) is 3.11. The van der Waals surface area contributed by atoms with Gasteiger partial charge in [0.25, 0.3) is 5.91 Å². The van der Waals surface area contributed by atoms with E-state index in [0.717, 1.165) is 10.8 Å². The van der Waals surface area contributed by atoms with Gasteiger partial charge in [-0.2, -0.15) is 0 Å². The third-order valence-corrected chi connectivity index (χ3v) is 4.69. The largest absolute Gasteiger partial charge is 0.508 e. The summed E-state index contributed by atoms with van der Waals surface area (Å²) < 4.78 is 0. The van der Waals surface area contributed by atoms with E-state index in [1.807, 2.05) is 36.4 Å². The van der Waals surface area contributed by atoms with Gasteiger partial charge in [0.05, 0.1) is 18.1 Å². The first-order valence-corrected chi connectivity index (χ1v) is 9.77. The Morgan fingerprint density at radius 2 is 1.65 bits per heavy atom. The summed E-state index contributed by atoms with van der Waals surface area (Å²) in [4.78, 5) is 32.9. The first-order chi connectivity index (χ1) is 15.1. The van der Waals surface area contributed by atoms with E-state index in [-0.39, 0.29) is 30.5 Å². The minimum Gasteiger partial charge on any atom is -0.508 e. The maximum atomic E-state index is 12.3. The number of carbonyl (C=O) groups is 2. The van der Waals surface area contributed by atoms with Crippen LogP contribution in [0.4, 0.5) is 5.69 Å². The number of hydrogen-bond donors (Lipinski definition) is 3. The zero-order valence-electron chi connectivity index (χ0n) is 16.6. The molecular formula is C24H20N4O3. The number of rotatable bonds is 6. The first kappa shape index (κ1) is 20.0. The maximum absolute atomic E-state index is 12.3. The lowest BCUT2D eigenvalue weighted by molar-refractivity contribution is -0.116. The molecule has 0 bridgehead atoms. The average Bonchev–Trinajstić information content (AvgIpc) is 2.79. The highest BCUT2D eigenvalue weighted by Crippen LogP contribution is 2.20. The zero-order valence-corrected chi connectivity index (χ0v) is 16.6. The van der Waals surface area contributed by atoms with Crippen LogP contribution >= 0.6 is 0 Å². The monoisotopic (exact) mass is 412 g/mol. The molecule has 154 valence electrons. The van der Waals surface area contributed by atoms with E-state index in [0.29, 0.717) is 22.6 Å². The minimum absolute atomic E-state index is 0.119. The highest BCUT2D eigenvalue weighted by atomic mass is 16.3. The minimum atomic E-state index is -0.257. The van der Waals surface area contributed by atoms with Crippen LogP contribution in [-0.4, -0.2) is 33.4 Å². The molecule has 31 heavy (non-hydrogen) atoms. The second-order valence-electron chi connectivity index (χ2n) is 6.96. The van der Waals surface area contributed by atoms with Crippen molar-refractivity contribution in [2.45, 2.75) is 6.42 Å². The summed E-state index contributed by atoms with van der Waals surface area (Å²) in [6, 6.07) is 19.9. The molecule has 0 aliphatic carbocycles. The number of anilines is 1. The van der Waals surface area contributed by atoms with E-state index in [9.17, 15) is 14.7 Å². The number of aromatic nitrogens is 2. The van der Waals surface area contributed by atoms with Crippen molar-refractivity contribution in [3.8, 4) is 17.1 Å². The average molecular weight is 412 g/mol. The molecule has 7 heteroatoms. The molecule has 3 aromatic carbocycles. The van der Waals surface area contributed by atoms with E-state index < -0.39 is 0 Å². The third-order valence-electron chi connectivity index (χ3n) is 4.69. The molecule has 4 rings (SSSR count). The van der Waals surface area contributed by atoms with Gasteiger partial charge in [-0.3, -0.25) is 9.59 Å². The van der Waals surface area contributed by atoms with E-state index in [1.54, 1.807) is 30.3 Å². The van der Waals surface area contributed by atoms with Crippen molar-refractivity contribution in [2.75, 3.05) is 11.9 Å². The van der Waals surface area contributed by atoms with Gasteiger partial charge in [-0.05, 0) is 35.0 Å². The lowest BCUT2D eigenvalue weighted by atomic mass is 10.1. The predicted molar refractivity (Wildman–Crippen MR) is 119 cm³/mol. The van der Waals surface area contributed by atoms with Gasteiger partial charge in [0, 0.05) is 24.1 Å². The van der Waals surface area contributed by atoms with Crippen LogP contribution in [0.5, 0.6) is 5.75 Å². The molecule has 0 fully saturated rings. The molecule has 3 N–H and O–H groups in total. The third kappa shape index (κ3) is 5.02. The van der Waals surface area contributed by atoms with Gasteiger partial charge in [-0.15, -0.1) is 0 Å². The number of amides is 2. The maximum Gasteiger partial charge on any atom is 0.251 e. The summed E-state index contributed by atoms with van der Waals surface area (Å²) in [6.45, 7) is 0.208. The lowest BCUT2D eigenvalue weighted by Gasteiger charge is -2.08. The number of aromatic hydroxyl groups is 1. The Balaban J connectivity index is 1.28. The highest BCUT2D eigenvalue weighted by molar-refractivity contribution is 5.99. The number of phenolic OH excluding ortho intramolecular Hbond substituents is 1. The Bertz CT molecular complexity index is 1240. The van der Waals surface area contributed by atoms with Crippen molar-refractivity contribution in [1.82, 2.24) is 15.3 Å². The van der Waals surface area contributed by atoms with Crippen molar-refractivity contribution >= 4 is 28.3 Å². The number of nitrogens with zero attached hydrogens (tertiary/aromatic N) is 2. The molecule has 7 nitrogen and oxygen atoms in total. The van der Waals surface area contributed by atoms with Crippen LogP contribution in [0.2, 0.25) is 0 Å². The fourth-order valence-electron chi connectivity index (χ4n) is 3.13. The van der Waals surface area contributed by atoms with Gasteiger partial charge in [0.1, 0.15) is 5.75 Å². The molecule has 1 aromatic heterocycles. The first-order valence-electron chi connectivity index (χ1n) is 9.77. The smallest absolute Gasteiger partial charge is 0.251 e. The van der Waals surface area contributed by atoms with Crippen molar-refractivity contribution in [3.05, 3.63) is 84.7 Å². The second-order valence-corrected chi connectivity index (χ2v) is 6.96. The quantitative estimate of drug-likeness (QED) is 0.447. The van der Waals surface area contributed by atoms with Crippen LogP contribution in [0.15, 0.2) is 79.1 Å². The van der Waals surface area contributed by atoms with Crippen LogP contribution in [0.3, 0.4) is 0 Å². The molecule has 2 amide bonds. The standard InChI is InChI=1S/C24H20N4O3/c29-21-7-3-6-18(13-21)23-26-14-20(15-27-23)28-22(30)10-11-25-24(31)19-9-8-16-4-1-2-5-17(16)12-19/h1-9,12-15,29H,10-11H2,(H,25,31)(H,28,30). The van der Waals surface area contributed by atoms with E-state index in [2.05, 4.69) is 20.6 Å². The van der Waals surface area contributed by atoms with Crippen LogP contribution < -0.4 is 10.6 Å². The van der Waals surface area contributed by atoms with Crippen molar-refractivity contribution < 1.29 is 14.7 Å². The summed E-state index contributed by atoms with van der Waals surface area (Å²) in [5.74, 6) is 0.0885. The molecule has 0 aliphatic rings. The normalized spacial score (nSPS) is 10.6. The fraction of sp³-hybridized carbons (Fsp3) is 0.0833. The number of benzene rings is 3. The van der Waals surface area contributed by atoms with Crippen molar-refractivity contribution in [3.63, 3.8) is 0 Å². The Kier molecular flexibility index (Phi) is 5.84. The number of hydrogen-bond acceptors (Lipinski definition) is 5. The summed E-state index contributed by atoms with van der Waals surface area (Å²) in [5.41, 5.74) is 1.68. The second kappa shape index (κ2) is 9.04. The molecule has 1 heterocycles. The van der Waals surface area contributed by atoms with Crippen LogP contribution in [0.25, 0.3) is 22.2 Å². The molecule has 0 unspecified atom stereocenters. The van der Waals surface area contributed by atoms with Gasteiger partial charge in [-0.25, -0.2) is 9.97 Å². The number of phenols is 1. The zero-order chi connectivity index (χ0) is 21.6. The predicted octanol–water partition coefficient (Wildman–Crippen LogP) is 3.76. The van der Waals surface area contributed by atoms with Crippen molar-refractivity contribution in [1.29, 1.82) is 0 Å². The van der Waals surface area contributed by atoms with E-state index in [1.165, 1.54) is 12.4 Å². The summed E-state index contributed by atoms with van der Waals surface area (Å²) in [5, 5.41) is 17.1.